The third-order valence-corrected chi connectivity index (χ3v) is 10.1. The maximum atomic E-state index is 5.91. The van der Waals surface area contributed by atoms with E-state index in [1.165, 1.54) is 15.9 Å². The smallest absolute Gasteiger partial charge is 0.112 e. The molecular weight excluding hydrogens is 431 g/mol. The molecule has 3 aromatic rings. The second-order valence-electron chi connectivity index (χ2n) is 7.72. The zero-order valence-corrected chi connectivity index (χ0v) is 20.5. The van der Waals surface area contributed by atoms with Gasteiger partial charge in [0.15, 0.2) is 0 Å². The summed E-state index contributed by atoms with van der Waals surface area (Å²) < 4.78 is 21.8. The fourth-order valence-electron chi connectivity index (χ4n) is 3.97. The van der Waals surface area contributed by atoms with Crippen molar-refractivity contribution in [3.8, 4) is 0 Å². The molecule has 0 bridgehead atoms. The van der Waals surface area contributed by atoms with E-state index in [2.05, 4.69) is 91.0 Å². The van der Waals surface area contributed by atoms with Gasteiger partial charge in [0.2, 0.25) is 0 Å². The van der Waals surface area contributed by atoms with Crippen LogP contribution in [0.3, 0.4) is 0 Å². The van der Waals surface area contributed by atoms with E-state index in [-0.39, 0.29) is 0 Å². The van der Waals surface area contributed by atoms with E-state index >= 15 is 0 Å². The number of hydrogen-bond donors (Lipinski definition) is 0. The minimum absolute atomic E-state index is 0.581. The summed E-state index contributed by atoms with van der Waals surface area (Å²) in [5.74, 6) is 0. The Morgan fingerprint density at radius 3 is 1.24 bits per heavy atom. The number of rotatable bonds is 16. The maximum Gasteiger partial charge on any atom is 0.112 e. The van der Waals surface area contributed by atoms with Crippen molar-refractivity contribution in [1.82, 2.24) is 0 Å². The third-order valence-electron chi connectivity index (χ3n) is 5.55. The Balaban J connectivity index is 1.59. The highest BCUT2D eigenvalue weighted by Crippen LogP contribution is 2.55. The molecule has 5 heteroatoms. The minimum Gasteiger partial charge on any atom is -0.382 e. The molecule has 0 aliphatic rings. The molecular formula is C28H36O4P+. The first-order chi connectivity index (χ1) is 16.4. The first-order valence-electron chi connectivity index (χ1n) is 11.6. The summed E-state index contributed by atoms with van der Waals surface area (Å²) in [6, 6.07) is 33.0. The fourth-order valence-corrected chi connectivity index (χ4v) is 8.29. The standard InChI is InChI=1S/C28H36O4P/c1-29-19-20-31-23-24-32-22-21-30-18-11-25-33(26-12-5-2-6-13-26,27-14-7-3-8-15-27)28-16-9-4-10-17-28/h2-10,12-17H,11,18-25H2,1H3/q+1. The molecule has 4 nitrogen and oxygen atoms in total. The van der Waals surface area contributed by atoms with Crippen molar-refractivity contribution in [2.45, 2.75) is 6.42 Å². The minimum atomic E-state index is -1.77. The van der Waals surface area contributed by atoms with E-state index in [0.29, 0.717) is 39.6 Å². The van der Waals surface area contributed by atoms with E-state index in [4.69, 9.17) is 18.9 Å². The van der Waals surface area contributed by atoms with Gasteiger partial charge < -0.3 is 18.9 Å². The Morgan fingerprint density at radius 2 is 0.848 bits per heavy atom. The first-order valence-corrected chi connectivity index (χ1v) is 13.6. The van der Waals surface area contributed by atoms with Crippen LogP contribution in [0.5, 0.6) is 0 Å². The summed E-state index contributed by atoms with van der Waals surface area (Å²) in [4.78, 5) is 0. The van der Waals surface area contributed by atoms with E-state index in [1.54, 1.807) is 7.11 Å². The van der Waals surface area contributed by atoms with Crippen molar-refractivity contribution in [3.63, 3.8) is 0 Å². The second-order valence-corrected chi connectivity index (χ2v) is 11.3. The maximum absolute atomic E-state index is 5.91. The van der Waals surface area contributed by atoms with Gasteiger partial charge in [-0.1, -0.05) is 54.6 Å². The van der Waals surface area contributed by atoms with Crippen LogP contribution in [-0.2, 0) is 18.9 Å². The number of hydrogen-bond acceptors (Lipinski definition) is 4. The highest BCUT2D eigenvalue weighted by atomic mass is 31.2. The van der Waals surface area contributed by atoms with Gasteiger partial charge in [-0.05, 0) is 36.4 Å². The van der Waals surface area contributed by atoms with Crippen LogP contribution in [0.1, 0.15) is 6.42 Å². The molecule has 3 aromatic carbocycles. The molecule has 0 fully saturated rings. The third kappa shape index (κ3) is 7.74. The van der Waals surface area contributed by atoms with Gasteiger partial charge in [-0.2, -0.15) is 0 Å². The molecule has 0 atom stereocenters. The Bertz CT molecular complexity index is 778. The number of methoxy groups -OCH3 is 1. The summed E-state index contributed by atoms with van der Waals surface area (Å²) in [7, 11) is -0.102. The van der Waals surface area contributed by atoms with E-state index in [1.807, 2.05) is 0 Å². The molecule has 0 saturated heterocycles. The molecule has 33 heavy (non-hydrogen) atoms. The van der Waals surface area contributed by atoms with Gasteiger partial charge in [-0.3, -0.25) is 0 Å². The zero-order chi connectivity index (χ0) is 23.0. The van der Waals surface area contributed by atoms with Crippen molar-refractivity contribution in [3.05, 3.63) is 91.0 Å². The molecule has 0 N–H and O–H groups in total. The lowest BCUT2D eigenvalue weighted by atomic mass is 10.4. The molecule has 0 aliphatic carbocycles. The molecule has 0 heterocycles. The quantitative estimate of drug-likeness (QED) is 0.235. The van der Waals surface area contributed by atoms with Crippen molar-refractivity contribution in [1.29, 1.82) is 0 Å². The van der Waals surface area contributed by atoms with Crippen molar-refractivity contribution >= 4 is 23.2 Å². The Morgan fingerprint density at radius 1 is 0.485 bits per heavy atom. The Kier molecular flexibility index (Phi) is 11.6. The summed E-state index contributed by atoms with van der Waals surface area (Å²) >= 11 is 0. The molecule has 0 spiro atoms. The van der Waals surface area contributed by atoms with Crippen molar-refractivity contribution < 1.29 is 18.9 Å². The van der Waals surface area contributed by atoms with Gasteiger partial charge in [-0.15, -0.1) is 0 Å². The zero-order valence-electron chi connectivity index (χ0n) is 19.6. The highest BCUT2D eigenvalue weighted by molar-refractivity contribution is 7.95. The molecule has 0 aliphatic heterocycles. The predicted octanol–water partition coefficient (Wildman–Crippen LogP) is 4.07. The molecule has 0 aromatic heterocycles. The fraction of sp³-hybridized carbons (Fsp3) is 0.357. The lowest BCUT2D eigenvalue weighted by Crippen LogP contribution is -2.33. The monoisotopic (exact) mass is 467 g/mol. The molecule has 0 amide bonds. The molecule has 0 saturated carbocycles. The van der Waals surface area contributed by atoms with Crippen molar-refractivity contribution in [2.24, 2.45) is 0 Å². The van der Waals surface area contributed by atoms with Gasteiger partial charge in [-0.25, -0.2) is 0 Å². The lowest BCUT2D eigenvalue weighted by Gasteiger charge is -2.27. The van der Waals surface area contributed by atoms with E-state index in [0.717, 1.165) is 19.2 Å². The van der Waals surface area contributed by atoms with E-state index in [9.17, 15) is 0 Å². The highest BCUT2D eigenvalue weighted by Gasteiger charge is 2.44. The van der Waals surface area contributed by atoms with Crippen LogP contribution in [-0.4, -0.2) is 59.5 Å². The topological polar surface area (TPSA) is 36.9 Å². The van der Waals surface area contributed by atoms with Gasteiger partial charge in [0.05, 0.1) is 52.4 Å². The average molecular weight is 468 g/mol. The Hall–Kier alpha value is -2.07. The lowest BCUT2D eigenvalue weighted by molar-refractivity contribution is 0.00384. The molecule has 0 radical (unpaired) electrons. The number of ether oxygens (including phenoxy) is 4. The number of benzene rings is 3. The SMILES string of the molecule is COCCOCCOCCOCCC[P+](c1ccccc1)(c1ccccc1)c1ccccc1. The summed E-state index contributed by atoms with van der Waals surface area (Å²) in [5.41, 5.74) is 0. The van der Waals surface area contributed by atoms with Crippen LogP contribution < -0.4 is 15.9 Å². The molecule has 176 valence electrons. The first kappa shape index (κ1) is 25.6. The second kappa shape index (κ2) is 15.0. The van der Waals surface area contributed by atoms with Crippen LogP contribution >= 0.6 is 7.26 Å². The van der Waals surface area contributed by atoms with Gasteiger partial charge in [0.25, 0.3) is 0 Å². The largest absolute Gasteiger partial charge is 0.382 e. The van der Waals surface area contributed by atoms with Crippen molar-refractivity contribution in [2.75, 3.05) is 59.5 Å². The molecule has 3 rings (SSSR count). The molecule has 0 unspecified atom stereocenters. The van der Waals surface area contributed by atoms with Crippen LogP contribution in [0.2, 0.25) is 0 Å². The average Bonchev–Trinajstić information content (AvgIpc) is 2.89. The summed E-state index contributed by atoms with van der Waals surface area (Å²) in [6.07, 6.45) is 2.06. The van der Waals surface area contributed by atoms with Gasteiger partial charge >= 0.3 is 0 Å². The van der Waals surface area contributed by atoms with Crippen LogP contribution in [0.25, 0.3) is 0 Å². The van der Waals surface area contributed by atoms with Crippen LogP contribution in [0.15, 0.2) is 91.0 Å². The summed E-state index contributed by atoms with van der Waals surface area (Å²) in [5, 5.41) is 4.25. The Labute approximate surface area is 199 Å². The van der Waals surface area contributed by atoms with Crippen LogP contribution in [0, 0.1) is 0 Å². The van der Waals surface area contributed by atoms with Gasteiger partial charge in [0, 0.05) is 13.5 Å². The predicted molar refractivity (Wildman–Crippen MR) is 139 cm³/mol. The van der Waals surface area contributed by atoms with E-state index < -0.39 is 7.26 Å². The summed E-state index contributed by atoms with van der Waals surface area (Å²) in [6.45, 7) is 4.30. The normalized spacial score (nSPS) is 11.5. The van der Waals surface area contributed by atoms with Gasteiger partial charge in [0.1, 0.15) is 23.2 Å². The van der Waals surface area contributed by atoms with Crippen LogP contribution in [0.4, 0.5) is 0 Å².